The molecule has 1 aromatic heterocycles. The summed E-state index contributed by atoms with van der Waals surface area (Å²) < 4.78 is 7.47. The molecule has 5 nitrogen and oxygen atoms in total. The Morgan fingerprint density at radius 1 is 1.11 bits per heavy atom. The number of ether oxygens (including phenoxy) is 1. The van der Waals surface area contributed by atoms with E-state index < -0.39 is 0 Å². The molecule has 140 valence electrons. The zero-order valence-corrected chi connectivity index (χ0v) is 16.9. The molecule has 0 aliphatic carbocycles. The van der Waals surface area contributed by atoms with Crippen LogP contribution in [0.15, 0.2) is 36.4 Å². The topological polar surface area (TPSA) is 57.0 Å². The average molecular weight is 425 g/mol. The molecule has 3 aromatic rings. The number of para-hydroxylation sites is 1. The second-order valence-electron chi connectivity index (χ2n) is 6.15. The summed E-state index contributed by atoms with van der Waals surface area (Å²) >= 11 is 18.7. The summed E-state index contributed by atoms with van der Waals surface area (Å²) in [5.74, 6) is 0.651. The SMILES string of the molecule is CC(C)c1nnn(-c2c(Cl)cccc2Cl)c1COc1ccc(C=O)c(Cl)c1. The van der Waals surface area contributed by atoms with E-state index in [2.05, 4.69) is 10.3 Å². The van der Waals surface area contributed by atoms with Gasteiger partial charge < -0.3 is 4.74 Å². The van der Waals surface area contributed by atoms with Gasteiger partial charge in [-0.25, -0.2) is 4.68 Å². The molecule has 0 fully saturated rings. The molecule has 0 radical (unpaired) electrons. The van der Waals surface area contributed by atoms with E-state index in [1.54, 1.807) is 41.1 Å². The smallest absolute Gasteiger partial charge is 0.151 e. The molecule has 0 bridgehead atoms. The molecular weight excluding hydrogens is 409 g/mol. The number of hydrogen-bond acceptors (Lipinski definition) is 4. The minimum absolute atomic E-state index is 0.125. The highest BCUT2D eigenvalue weighted by Crippen LogP contribution is 2.31. The van der Waals surface area contributed by atoms with E-state index in [4.69, 9.17) is 39.5 Å². The predicted molar refractivity (Wildman–Crippen MR) is 107 cm³/mol. The van der Waals surface area contributed by atoms with Crippen molar-refractivity contribution in [3.8, 4) is 11.4 Å². The van der Waals surface area contributed by atoms with Gasteiger partial charge in [0, 0.05) is 5.56 Å². The first-order valence-electron chi connectivity index (χ1n) is 8.18. The Labute approximate surface area is 171 Å². The normalized spacial score (nSPS) is 11.0. The number of halogens is 3. The lowest BCUT2D eigenvalue weighted by Crippen LogP contribution is -2.09. The van der Waals surface area contributed by atoms with Crippen LogP contribution >= 0.6 is 34.8 Å². The van der Waals surface area contributed by atoms with Gasteiger partial charge in [0.2, 0.25) is 0 Å². The van der Waals surface area contributed by atoms with Gasteiger partial charge in [0.1, 0.15) is 23.7 Å². The average Bonchev–Trinajstić information content (AvgIpc) is 3.04. The molecule has 0 aliphatic heterocycles. The number of carbonyl (C=O) groups is 1. The minimum atomic E-state index is 0.125. The first kappa shape index (κ1) is 19.7. The number of rotatable bonds is 6. The van der Waals surface area contributed by atoms with Crippen LogP contribution in [0.5, 0.6) is 5.75 Å². The molecule has 0 N–H and O–H groups in total. The van der Waals surface area contributed by atoms with Crippen molar-refractivity contribution in [1.29, 1.82) is 0 Å². The van der Waals surface area contributed by atoms with Gasteiger partial charge in [-0.05, 0) is 36.2 Å². The van der Waals surface area contributed by atoms with E-state index in [1.807, 2.05) is 13.8 Å². The van der Waals surface area contributed by atoms with Gasteiger partial charge in [-0.1, -0.05) is 59.9 Å². The number of carbonyl (C=O) groups excluding carboxylic acids is 1. The molecule has 0 atom stereocenters. The van der Waals surface area contributed by atoms with Crippen molar-refractivity contribution < 1.29 is 9.53 Å². The second-order valence-corrected chi connectivity index (χ2v) is 7.37. The third-order valence-electron chi connectivity index (χ3n) is 3.96. The Bertz CT molecular complexity index is 966. The molecule has 3 rings (SSSR count). The number of benzene rings is 2. The van der Waals surface area contributed by atoms with E-state index in [0.717, 1.165) is 11.4 Å². The summed E-state index contributed by atoms with van der Waals surface area (Å²) in [7, 11) is 0. The number of hydrogen-bond donors (Lipinski definition) is 0. The van der Waals surface area contributed by atoms with Gasteiger partial charge in [-0.15, -0.1) is 5.10 Å². The molecule has 0 saturated carbocycles. The van der Waals surface area contributed by atoms with E-state index in [-0.39, 0.29) is 12.5 Å². The maximum Gasteiger partial charge on any atom is 0.151 e. The van der Waals surface area contributed by atoms with Crippen LogP contribution in [0.1, 0.15) is 41.5 Å². The van der Waals surface area contributed by atoms with E-state index >= 15 is 0 Å². The maximum atomic E-state index is 10.9. The molecule has 0 aliphatic rings. The van der Waals surface area contributed by atoms with Crippen molar-refractivity contribution in [3.05, 3.63) is 68.4 Å². The standard InChI is InChI=1S/C19H16Cl3N3O2/c1-11(2)18-17(10-27-13-7-6-12(9-26)16(22)8-13)25(24-23-18)19-14(20)4-3-5-15(19)21/h3-9,11H,10H2,1-2H3. The fourth-order valence-corrected chi connectivity index (χ4v) is 3.39. The monoisotopic (exact) mass is 423 g/mol. The lowest BCUT2D eigenvalue weighted by Gasteiger charge is -2.13. The molecule has 8 heteroatoms. The number of aromatic nitrogens is 3. The Balaban J connectivity index is 1.98. The van der Waals surface area contributed by atoms with Gasteiger partial charge in [0.15, 0.2) is 6.29 Å². The van der Waals surface area contributed by atoms with Crippen molar-refractivity contribution in [2.75, 3.05) is 0 Å². The first-order chi connectivity index (χ1) is 12.9. The van der Waals surface area contributed by atoms with Crippen molar-refractivity contribution in [2.45, 2.75) is 26.4 Å². The quantitative estimate of drug-likeness (QED) is 0.473. The van der Waals surface area contributed by atoms with Crippen LogP contribution in [0.4, 0.5) is 0 Å². The van der Waals surface area contributed by atoms with Crippen molar-refractivity contribution >= 4 is 41.1 Å². The summed E-state index contributed by atoms with van der Waals surface area (Å²) in [5.41, 5.74) is 2.46. The van der Waals surface area contributed by atoms with Gasteiger partial charge >= 0.3 is 0 Å². The lowest BCUT2D eigenvalue weighted by molar-refractivity contribution is 0.112. The highest BCUT2D eigenvalue weighted by atomic mass is 35.5. The van der Waals surface area contributed by atoms with Crippen LogP contribution in [0.25, 0.3) is 5.69 Å². The highest BCUT2D eigenvalue weighted by molar-refractivity contribution is 6.37. The number of aldehydes is 1. The fourth-order valence-electron chi connectivity index (χ4n) is 2.61. The van der Waals surface area contributed by atoms with E-state index in [9.17, 15) is 4.79 Å². The third kappa shape index (κ3) is 4.10. The predicted octanol–water partition coefficient (Wildman–Crippen LogP) is 5.74. The first-order valence-corrected chi connectivity index (χ1v) is 9.32. The fraction of sp³-hybridized carbons (Fsp3) is 0.211. The van der Waals surface area contributed by atoms with Gasteiger partial charge in [-0.2, -0.15) is 0 Å². The zero-order chi connectivity index (χ0) is 19.6. The molecule has 1 heterocycles. The van der Waals surface area contributed by atoms with Crippen LogP contribution in [-0.4, -0.2) is 21.3 Å². The van der Waals surface area contributed by atoms with Crippen molar-refractivity contribution in [3.63, 3.8) is 0 Å². The highest BCUT2D eigenvalue weighted by Gasteiger charge is 2.21. The van der Waals surface area contributed by atoms with E-state index in [1.165, 1.54) is 0 Å². The third-order valence-corrected chi connectivity index (χ3v) is 4.90. The Kier molecular flexibility index (Phi) is 6.05. The molecule has 0 saturated heterocycles. The van der Waals surface area contributed by atoms with Gasteiger partial charge in [0.25, 0.3) is 0 Å². The summed E-state index contributed by atoms with van der Waals surface area (Å²) in [6, 6.07) is 10.1. The van der Waals surface area contributed by atoms with Crippen LogP contribution in [0, 0.1) is 0 Å². The zero-order valence-electron chi connectivity index (χ0n) is 14.6. The maximum absolute atomic E-state index is 10.9. The molecule has 0 unspecified atom stereocenters. The second kappa shape index (κ2) is 8.30. The van der Waals surface area contributed by atoms with Crippen LogP contribution in [-0.2, 0) is 6.61 Å². The summed E-state index contributed by atoms with van der Waals surface area (Å²) in [6.07, 6.45) is 0.696. The largest absolute Gasteiger partial charge is 0.487 e. The van der Waals surface area contributed by atoms with Crippen LogP contribution < -0.4 is 4.74 Å². The van der Waals surface area contributed by atoms with E-state index in [0.29, 0.717) is 38.4 Å². The number of nitrogens with zero attached hydrogens (tertiary/aromatic N) is 3. The van der Waals surface area contributed by atoms with Crippen molar-refractivity contribution in [2.24, 2.45) is 0 Å². The summed E-state index contributed by atoms with van der Waals surface area (Å²) in [5, 5.41) is 9.75. The van der Waals surface area contributed by atoms with Gasteiger partial charge in [-0.3, -0.25) is 4.79 Å². The molecule has 0 amide bonds. The lowest BCUT2D eigenvalue weighted by atomic mass is 10.1. The minimum Gasteiger partial charge on any atom is -0.487 e. The molecule has 2 aromatic carbocycles. The summed E-state index contributed by atoms with van der Waals surface area (Å²) in [6.45, 7) is 4.21. The van der Waals surface area contributed by atoms with Crippen LogP contribution in [0.3, 0.4) is 0 Å². The molecular formula is C19H16Cl3N3O2. The van der Waals surface area contributed by atoms with Gasteiger partial charge in [0.05, 0.1) is 20.8 Å². The summed E-state index contributed by atoms with van der Waals surface area (Å²) in [4.78, 5) is 10.9. The Hall–Kier alpha value is -2.08. The molecule has 27 heavy (non-hydrogen) atoms. The molecule has 0 spiro atoms. The van der Waals surface area contributed by atoms with Crippen LogP contribution in [0.2, 0.25) is 15.1 Å². The Morgan fingerprint density at radius 2 is 1.81 bits per heavy atom. The van der Waals surface area contributed by atoms with Crippen molar-refractivity contribution in [1.82, 2.24) is 15.0 Å². The Morgan fingerprint density at radius 3 is 2.41 bits per heavy atom.